The molecule has 6 nitrogen and oxygen atoms in total. The van der Waals surface area contributed by atoms with E-state index in [1.54, 1.807) is 6.07 Å². The Labute approximate surface area is 182 Å². The molecule has 3 aromatic rings. The van der Waals surface area contributed by atoms with E-state index in [0.717, 1.165) is 42.3 Å². The van der Waals surface area contributed by atoms with Crippen LogP contribution in [0.4, 0.5) is 0 Å². The quantitative estimate of drug-likeness (QED) is 0.556. The summed E-state index contributed by atoms with van der Waals surface area (Å²) in [4.78, 5) is 13.7. The molecule has 1 unspecified atom stereocenters. The van der Waals surface area contributed by atoms with Gasteiger partial charge in [-0.2, -0.15) is 0 Å². The third-order valence-electron chi connectivity index (χ3n) is 5.49. The number of hydrogen-bond acceptors (Lipinski definition) is 4. The standard InChI is InChI=1S/C25H28N2O4/c1-3-18(2)26-25(28)23-12-10-21(31-23)16-27(14-19-7-5-4-6-8-19)15-20-9-11-22-24(13-20)30-17-29-22/h4-13,18H,3,14-17H2,1-2H3,(H,26,28)/p+1/t18-/m0/s1. The van der Waals surface area contributed by atoms with Crippen molar-refractivity contribution in [1.82, 2.24) is 5.32 Å². The van der Waals surface area contributed by atoms with Gasteiger partial charge in [0.1, 0.15) is 19.6 Å². The number of nitrogens with one attached hydrogen (secondary N) is 2. The first-order chi connectivity index (χ1) is 15.1. The highest BCUT2D eigenvalue weighted by molar-refractivity contribution is 5.91. The fourth-order valence-corrected chi connectivity index (χ4v) is 3.65. The normalized spacial score (nSPS) is 14.3. The van der Waals surface area contributed by atoms with Gasteiger partial charge in [-0.05, 0) is 43.7 Å². The van der Waals surface area contributed by atoms with Crippen LogP contribution in [0.5, 0.6) is 11.5 Å². The average Bonchev–Trinajstić information content (AvgIpc) is 3.43. The van der Waals surface area contributed by atoms with Gasteiger partial charge in [0.2, 0.25) is 6.79 Å². The maximum atomic E-state index is 12.4. The zero-order chi connectivity index (χ0) is 21.6. The van der Waals surface area contributed by atoms with Crippen LogP contribution in [-0.4, -0.2) is 18.7 Å². The van der Waals surface area contributed by atoms with E-state index in [1.165, 1.54) is 10.5 Å². The Bertz CT molecular complexity index is 1020. The average molecular weight is 422 g/mol. The maximum Gasteiger partial charge on any atom is 0.287 e. The summed E-state index contributed by atoms with van der Waals surface area (Å²) < 4.78 is 16.9. The number of furan rings is 1. The molecule has 4 rings (SSSR count). The second kappa shape index (κ2) is 9.71. The first kappa shape index (κ1) is 21.0. The Morgan fingerprint density at radius 3 is 2.55 bits per heavy atom. The lowest BCUT2D eigenvalue weighted by atomic mass is 10.1. The summed E-state index contributed by atoms with van der Waals surface area (Å²) in [7, 11) is 0. The van der Waals surface area contributed by atoms with E-state index >= 15 is 0 Å². The van der Waals surface area contributed by atoms with Crippen LogP contribution in [0.3, 0.4) is 0 Å². The van der Waals surface area contributed by atoms with Crippen molar-refractivity contribution in [3.8, 4) is 11.5 Å². The van der Waals surface area contributed by atoms with Crippen molar-refractivity contribution in [2.45, 2.75) is 45.9 Å². The maximum absolute atomic E-state index is 12.4. The Morgan fingerprint density at radius 1 is 0.968 bits per heavy atom. The van der Waals surface area contributed by atoms with Crippen LogP contribution in [0.1, 0.15) is 47.7 Å². The van der Waals surface area contributed by atoms with E-state index in [9.17, 15) is 4.79 Å². The molecule has 2 atom stereocenters. The Hall–Kier alpha value is -3.25. The van der Waals surface area contributed by atoms with Crippen molar-refractivity contribution in [3.05, 3.63) is 83.3 Å². The Balaban J connectivity index is 1.49. The van der Waals surface area contributed by atoms with Crippen molar-refractivity contribution in [2.24, 2.45) is 0 Å². The molecular formula is C25H29N2O4+. The molecule has 0 spiro atoms. The molecule has 0 fully saturated rings. The molecule has 0 aliphatic carbocycles. The lowest BCUT2D eigenvalue weighted by Crippen LogP contribution is -3.08. The van der Waals surface area contributed by atoms with E-state index in [1.807, 2.05) is 38.1 Å². The largest absolute Gasteiger partial charge is 0.454 e. The van der Waals surface area contributed by atoms with Gasteiger partial charge in [-0.25, -0.2) is 0 Å². The van der Waals surface area contributed by atoms with Gasteiger partial charge >= 0.3 is 0 Å². The third-order valence-corrected chi connectivity index (χ3v) is 5.49. The number of benzene rings is 2. The van der Waals surface area contributed by atoms with E-state index in [4.69, 9.17) is 13.9 Å². The molecule has 2 heterocycles. The highest BCUT2D eigenvalue weighted by atomic mass is 16.7. The SMILES string of the molecule is CC[C@H](C)NC(=O)c1ccc(C[NH+](Cc2ccccc2)Cc2ccc3c(c2)OCO3)o1. The summed E-state index contributed by atoms with van der Waals surface area (Å²) in [6.45, 7) is 6.59. The van der Waals surface area contributed by atoms with Gasteiger partial charge in [0.05, 0.1) is 0 Å². The monoisotopic (exact) mass is 421 g/mol. The first-order valence-corrected chi connectivity index (χ1v) is 10.8. The lowest BCUT2D eigenvalue weighted by molar-refractivity contribution is -0.942. The van der Waals surface area contributed by atoms with Gasteiger partial charge in [0.25, 0.3) is 5.91 Å². The molecule has 6 heteroatoms. The minimum atomic E-state index is -0.166. The van der Waals surface area contributed by atoms with Crippen LogP contribution in [0.25, 0.3) is 0 Å². The smallest absolute Gasteiger partial charge is 0.287 e. The zero-order valence-electron chi connectivity index (χ0n) is 18.0. The lowest BCUT2D eigenvalue weighted by Gasteiger charge is -2.19. The summed E-state index contributed by atoms with van der Waals surface area (Å²) >= 11 is 0. The minimum absolute atomic E-state index is 0.118. The second-order valence-corrected chi connectivity index (χ2v) is 8.00. The number of carbonyl (C=O) groups excluding carboxylic acids is 1. The fourth-order valence-electron chi connectivity index (χ4n) is 3.65. The minimum Gasteiger partial charge on any atom is -0.454 e. The number of rotatable bonds is 9. The van der Waals surface area contributed by atoms with Crippen molar-refractivity contribution < 1.29 is 23.6 Å². The third kappa shape index (κ3) is 5.47. The molecule has 0 saturated heterocycles. The van der Waals surface area contributed by atoms with Gasteiger partial charge in [0, 0.05) is 17.2 Å². The molecule has 31 heavy (non-hydrogen) atoms. The van der Waals surface area contributed by atoms with E-state index in [2.05, 4.69) is 35.6 Å². The Kier molecular flexibility index (Phi) is 6.57. The summed E-state index contributed by atoms with van der Waals surface area (Å²) in [5, 5.41) is 2.95. The van der Waals surface area contributed by atoms with Gasteiger partial charge in [-0.3, -0.25) is 4.79 Å². The van der Waals surface area contributed by atoms with Crippen molar-refractivity contribution in [3.63, 3.8) is 0 Å². The topological polar surface area (TPSA) is 65.1 Å². The summed E-state index contributed by atoms with van der Waals surface area (Å²) in [5.41, 5.74) is 2.41. The van der Waals surface area contributed by atoms with E-state index < -0.39 is 0 Å². The number of hydrogen-bond donors (Lipinski definition) is 2. The Morgan fingerprint density at radius 2 is 1.74 bits per heavy atom. The number of ether oxygens (including phenoxy) is 2. The molecule has 2 N–H and O–H groups in total. The van der Waals surface area contributed by atoms with E-state index in [-0.39, 0.29) is 18.7 Å². The zero-order valence-corrected chi connectivity index (χ0v) is 18.0. The number of quaternary nitrogens is 1. The van der Waals surface area contributed by atoms with Crippen LogP contribution < -0.4 is 19.7 Å². The molecule has 0 bridgehead atoms. The fraction of sp³-hybridized carbons (Fsp3) is 0.320. The van der Waals surface area contributed by atoms with Gasteiger partial charge in [-0.1, -0.05) is 37.3 Å². The molecule has 2 aromatic carbocycles. The molecule has 1 amide bonds. The summed E-state index contributed by atoms with van der Waals surface area (Å²) in [6.07, 6.45) is 0.879. The van der Waals surface area contributed by atoms with Gasteiger partial charge in [-0.15, -0.1) is 0 Å². The number of carbonyl (C=O) groups is 1. The predicted octanol–water partition coefficient (Wildman–Crippen LogP) is 3.32. The number of fused-ring (bicyclic) bond motifs is 1. The molecule has 0 saturated carbocycles. The van der Waals surface area contributed by atoms with Crippen LogP contribution in [0.2, 0.25) is 0 Å². The van der Waals surface area contributed by atoms with Crippen LogP contribution in [0.15, 0.2) is 65.1 Å². The molecule has 1 aliphatic rings. The molecule has 1 aromatic heterocycles. The van der Waals surface area contributed by atoms with E-state index in [0.29, 0.717) is 12.3 Å². The van der Waals surface area contributed by atoms with Crippen LogP contribution >= 0.6 is 0 Å². The first-order valence-electron chi connectivity index (χ1n) is 10.8. The number of amides is 1. The summed E-state index contributed by atoms with van der Waals surface area (Å²) in [6, 6.07) is 20.2. The summed E-state index contributed by atoms with van der Waals surface area (Å²) in [5.74, 6) is 2.56. The van der Waals surface area contributed by atoms with Gasteiger partial charge < -0.3 is 24.1 Å². The highest BCUT2D eigenvalue weighted by Gasteiger charge is 2.19. The highest BCUT2D eigenvalue weighted by Crippen LogP contribution is 2.32. The molecule has 1 aliphatic heterocycles. The van der Waals surface area contributed by atoms with Crippen LogP contribution in [0, 0.1) is 0 Å². The second-order valence-electron chi connectivity index (χ2n) is 8.00. The van der Waals surface area contributed by atoms with Crippen LogP contribution in [-0.2, 0) is 19.6 Å². The molecule has 0 radical (unpaired) electrons. The molecular weight excluding hydrogens is 392 g/mol. The molecule has 162 valence electrons. The van der Waals surface area contributed by atoms with Crippen molar-refractivity contribution in [2.75, 3.05) is 6.79 Å². The van der Waals surface area contributed by atoms with Crippen molar-refractivity contribution >= 4 is 5.91 Å². The predicted molar refractivity (Wildman–Crippen MR) is 117 cm³/mol. The van der Waals surface area contributed by atoms with Gasteiger partial charge in [0.15, 0.2) is 23.0 Å². The van der Waals surface area contributed by atoms with Crippen molar-refractivity contribution in [1.29, 1.82) is 0 Å².